The molecule has 0 N–H and O–H groups in total. The number of halogens is 2. The Labute approximate surface area is 106 Å². The van der Waals surface area contributed by atoms with Crippen LogP contribution in [-0.4, -0.2) is 0 Å². The Bertz CT molecular complexity index is 152. The maximum Gasteiger partial charge on any atom is 2.00 e. The van der Waals surface area contributed by atoms with Gasteiger partial charge in [0.05, 0.1) is 0 Å². The minimum Gasteiger partial charge on any atom is -1.00 e. The molecule has 0 saturated carbocycles. The fraction of sp³-hybridized carbons (Fsp3) is 0. The Kier molecular flexibility index (Phi) is 20.8. The maximum atomic E-state index is 2.00. The summed E-state index contributed by atoms with van der Waals surface area (Å²) in [5.41, 5.74) is 0. The van der Waals surface area contributed by atoms with Gasteiger partial charge < -0.3 is 24.8 Å². The molecule has 0 heterocycles. The first kappa shape index (κ1) is 18.7. The maximum absolute atomic E-state index is 2.00. The molecule has 0 aliphatic rings. The fourth-order valence-electron chi connectivity index (χ4n) is 0.642. The zero-order chi connectivity index (χ0) is 7.07. The van der Waals surface area contributed by atoms with Crippen molar-refractivity contribution in [3.8, 4) is 0 Å². The number of hydrogen-bond acceptors (Lipinski definition) is 0. The third-order valence-electron chi connectivity index (χ3n) is 1.11. The molecule has 0 aromatic heterocycles. The van der Waals surface area contributed by atoms with E-state index in [0.29, 0.717) is 0 Å². The Balaban J connectivity index is -0.000000125. The van der Waals surface area contributed by atoms with Crippen molar-refractivity contribution in [3.63, 3.8) is 0 Å². The van der Waals surface area contributed by atoms with Crippen molar-refractivity contribution in [1.29, 1.82) is 0 Å². The van der Waals surface area contributed by atoms with Crippen molar-refractivity contribution in [2.24, 2.45) is 0 Å². The van der Waals surface area contributed by atoms with Crippen LogP contribution >= 0.6 is 0 Å². The molecule has 2 aromatic rings. The second kappa shape index (κ2) is 14.5. The summed E-state index contributed by atoms with van der Waals surface area (Å²) in [5, 5.41) is 0. The van der Waals surface area contributed by atoms with Crippen molar-refractivity contribution in [2.45, 2.75) is 0 Å². The largest absolute Gasteiger partial charge is 2.00 e. The number of hydrogen-bond donors (Lipinski definition) is 0. The summed E-state index contributed by atoms with van der Waals surface area (Å²) in [6.45, 7) is 0. The van der Waals surface area contributed by atoms with Crippen LogP contribution in [0.15, 0.2) is 60.7 Å². The van der Waals surface area contributed by atoms with Gasteiger partial charge in [-0.2, -0.15) is 36.4 Å². The summed E-state index contributed by atoms with van der Waals surface area (Å²) in [6, 6.07) is 20.0. The zero-order valence-electron chi connectivity index (χ0n) is 6.94. The normalized spacial score (nSPS) is 6.15. The van der Waals surface area contributed by atoms with Crippen molar-refractivity contribution < 1.29 is 45.9 Å². The minimum atomic E-state index is 0. The first-order valence-electron chi connectivity index (χ1n) is 3.33. The van der Waals surface area contributed by atoms with Crippen LogP contribution in [0, 0.1) is 0 Å². The van der Waals surface area contributed by atoms with E-state index >= 15 is 0 Å². The van der Waals surface area contributed by atoms with E-state index in [1.54, 1.807) is 0 Å². The molecule has 0 nitrogen and oxygen atoms in total. The van der Waals surface area contributed by atoms with Gasteiger partial charge in [0.1, 0.15) is 0 Å². The predicted molar refractivity (Wildman–Crippen MR) is 44.1 cm³/mol. The van der Waals surface area contributed by atoms with Gasteiger partial charge in [-0.3, -0.25) is 0 Å². The molecule has 0 amide bonds. The van der Waals surface area contributed by atoms with E-state index in [0.717, 1.165) is 0 Å². The third-order valence-corrected chi connectivity index (χ3v) is 1.11. The van der Waals surface area contributed by atoms with E-state index in [4.69, 9.17) is 0 Å². The van der Waals surface area contributed by atoms with Gasteiger partial charge in [0, 0.05) is 0 Å². The van der Waals surface area contributed by atoms with Crippen LogP contribution in [0.4, 0.5) is 0 Å². The van der Waals surface area contributed by atoms with Gasteiger partial charge in [-0.25, -0.2) is 24.3 Å². The van der Waals surface area contributed by atoms with E-state index < -0.39 is 0 Å². The van der Waals surface area contributed by atoms with Gasteiger partial charge in [-0.15, -0.1) is 0 Å². The van der Waals surface area contributed by atoms with E-state index in [-0.39, 0.29) is 45.9 Å². The third kappa shape index (κ3) is 12.0. The van der Waals surface area contributed by atoms with Gasteiger partial charge >= 0.3 is 21.1 Å². The molecular formula is C10H10Cl2Mo-2. The molecule has 0 aliphatic carbocycles. The fourth-order valence-corrected chi connectivity index (χ4v) is 0.642. The van der Waals surface area contributed by atoms with Crippen molar-refractivity contribution in [2.75, 3.05) is 0 Å². The predicted octanol–water partition coefficient (Wildman–Crippen LogP) is -3.18. The average molecular weight is 297 g/mol. The first-order valence-corrected chi connectivity index (χ1v) is 3.33. The van der Waals surface area contributed by atoms with Crippen LogP contribution in [0.1, 0.15) is 0 Å². The van der Waals surface area contributed by atoms with Gasteiger partial charge in [-0.1, -0.05) is 0 Å². The number of rotatable bonds is 0. The van der Waals surface area contributed by atoms with Gasteiger partial charge in [0.25, 0.3) is 0 Å². The van der Waals surface area contributed by atoms with E-state index in [1.807, 2.05) is 60.7 Å². The zero-order valence-corrected chi connectivity index (χ0v) is 10.5. The first-order chi connectivity index (χ1) is 5.00. The van der Waals surface area contributed by atoms with Crippen LogP contribution < -0.4 is 24.8 Å². The molecule has 0 bridgehead atoms. The van der Waals surface area contributed by atoms with Gasteiger partial charge in [0.15, 0.2) is 0 Å². The molecule has 2 aromatic carbocycles. The smallest absolute Gasteiger partial charge is 1.00 e. The Morgan fingerprint density at radius 1 is 0.538 bits per heavy atom. The summed E-state index contributed by atoms with van der Waals surface area (Å²) in [7, 11) is 0. The second-order valence-electron chi connectivity index (χ2n) is 1.92. The van der Waals surface area contributed by atoms with Crippen molar-refractivity contribution >= 4 is 0 Å². The molecule has 0 aliphatic heterocycles. The molecule has 0 fully saturated rings. The summed E-state index contributed by atoms with van der Waals surface area (Å²) in [4.78, 5) is 0. The Hall–Kier alpha value is -0.0317. The monoisotopic (exact) mass is 298 g/mol. The molecule has 2 rings (SSSR count). The van der Waals surface area contributed by atoms with E-state index in [9.17, 15) is 0 Å². The van der Waals surface area contributed by atoms with Crippen LogP contribution in [-0.2, 0) is 21.1 Å². The Morgan fingerprint density at radius 2 is 0.769 bits per heavy atom. The topological polar surface area (TPSA) is 0 Å². The molecule has 3 heteroatoms. The van der Waals surface area contributed by atoms with Gasteiger partial charge in [0.2, 0.25) is 0 Å². The second-order valence-corrected chi connectivity index (χ2v) is 1.92. The minimum absolute atomic E-state index is 0. The molecule has 0 saturated heterocycles. The summed E-state index contributed by atoms with van der Waals surface area (Å²) >= 11 is 0. The molecule has 0 spiro atoms. The van der Waals surface area contributed by atoms with Crippen LogP contribution in [0.5, 0.6) is 0 Å². The molecule has 13 heavy (non-hydrogen) atoms. The summed E-state index contributed by atoms with van der Waals surface area (Å²) < 4.78 is 0. The molecule has 72 valence electrons. The van der Waals surface area contributed by atoms with Gasteiger partial charge in [-0.05, 0) is 0 Å². The molecule has 0 atom stereocenters. The van der Waals surface area contributed by atoms with E-state index in [1.165, 1.54) is 0 Å². The van der Waals surface area contributed by atoms with E-state index in [2.05, 4.69) is 0 Å². The van der Waals surface area contributed by atoms with Crippen LogP contribution in [0.3, 0.4) is 0 Å². The SMILES string of the molecule is [Cl-].[Cl-].[Mo+2].c1cc[cH-]c1.c1cc[cH-]c1. The van der Waals surface area contributed by atoms with Crippen molar-refractivity contribution in [1.82, 2.24) is 0 Å². The molecular weight excluding hydrogens is 287 g/mol. The molecule has 0 unspecified atom stereocenters. The standard InChI is InChI=1S/2C5H5.2ClH.Mo/c2*1-2-4-5-3-1;;;/h2*1-5H;2*1H;/q2*-1;;;+2/p-2. The quantitative estimate of drug-likeness (QED) is 0.355. The van der Waals surface area contributed by atoms with Crippen LogP contribution in [0.2, 0.25) is 0 Å². The van der Waals surface area contributed by atoms with Crippen LogP contribution in [0.25, 0.3) is 0 Å². The summed E-state index contributed by atoms with van der Waals surface area (Å²) in [6.07, 6.45) is 0. The summed E-state index contributed by atoms with van der Waals surface area (Å²) in [5.74, 6) is 0. The molecule has 0 radical (unpaired) electrons. The average Bonchev–Trinajstić information content (AvgIpc) is 2.67. The Morgan fingerprint density at radius 3 is 0.846 bits per heavy atom. The van der Waals surface area contributed by atoms with Crippen molar-refractivity contribution in [3.05, 3.63) is 60.7 Å².